The minimum Gasteiger partial charge on any atom is -0.351 e. The number of nitrogens with zero attached hydrogens (tertiary/aromatic N) is 3. The first-order valence-electron chi connectivity index (χ1n) is 7.06. The number of aliphatic imine (C=N–C) groups is 1. The maximum atomic E-state index is 5.55. The molecule has 1 aromatic rings. The molecule has 19 heavy (non-hydrogen) atoms. The molecule has 0 aliphatic heterocycles. The Labute approximate surface area is 114 Å². The average Bonchev–Trinajstić information content (AvgIpc) is 2.92. The van der Waals surface area contributed by atoms with E-state index >= 15 is 0 Å². The van der Waals surface area contributed by atoms with Gasteiger partial charge in [0.05, 0.1) is 12.6 Å². The highest BCUT2D eigenvalue weighted by molar-refractivity contribution is 5.79. The second-order valence-corrected chi connectivity index (χ2v) is 5.19. The molecule has 1 saturated carbocycles. The lowest BCUT2D eigenvalue weighted by Gasteiger charge is -2.21. The van der Waals surface area contributed by atoms with Crippen molar-refractivity contribution in [1.82, 2.24) is 20.5 Å². The molecule has 1 heterocycles. The first-order chi connectivity index (χ1) is 9.28. The highest BCUT2D eigenvalue weighted by atomic mass is 15.3. The van der Waals surface area contributed by atoms with E-state index in [4.69, 9.17) is 5.84 Å². The number of rotatable bonds is 4. The minimum atomic E-state index is 0.221. The molecule has 0 saturated heterocycles. The van der Waals surface area contributed by atoms with Crippen molar-refractivity contribution in [3.05, 3.63) is 18.5 Å². The fourth-order valence-electron chi connectivity index (χ4n) is 2.48. The van der Waals surface area contributed by atoms with Crippen molar-refractivity contribution in [1.29, 1.82) is 0 Å². The van der Waals surface area contributed by atoms with Crippen molar-refractivity contribution >= 4 is 5.96 Å². The van der Waals surface area contributed by atoms with Gasteiger partial charge in [0.15, 0.2) is 0 Å². The normalized spacial score (nSPS) is 19.2. The van der Waals surface area contributed by atoms with Crippen molar-refractivity contribution in [3.8, 4) is 0 Å². The summed E-state index contributed by atoms with van der Waals surface area (Å²) in [6.45, 7) is 2.88. The lowest BCUT2D eigenvalue weighted by molar-refractivity contribution is 0.438. The van der Waals surface area contributed by atoms with Crippen LogP contribution >= 0.6 is 0 Å². The molecule has 1 aliphatic carbocycles. The van der Waals surface area contributed by atoms with Gasteiger partial charge in [-0.25, -0.2) is 10.8 Å². The fraction of sp³-hybridized carbons (Fsp3) is 0.692. The largest absolute Gasteiger partial charge is 0.351 e. The van der Waals surface area contributed by atoms with Gasteiger partial charge >= 0.3 is 0 Å². The third-order valence-electron chi connectivity index (χ3n) is 3.43. The molecule has 2 rings (SSSR count). The summed E-state index contributed by atoms with van der Waals surface area (Å²) in [6.07, 6.45) is 9.95. The van der Waals surface area contributed by atoms with Gasteiger partial charge in [-0.3, -0.25) is 10.1 Å². The van der Waals surface area contributed by atoms with Gasteiger partial charge < -0.3 is 5.32 Å². The van der Waals surface area contributed by atoms with Crippen LogP contribution < -0.4 is 16.6 Å². The standard InChI is InChI=1S/C13H24N6/c1-11(10-19-9-5-8-15-19)16-13(18-14)17-12-6-3-2-4-7-12/h5,8-9,11-12H,2-4,6-7,10,14H2,1H3,(H2,16,17,18). The van der Waals surface area contributed by atoms with Gasteiger partial charge in [-0.1, -0.05) is 19.3 Å². The number of hydrogen-bond acceptors (Lipinski definition) is 3. The second-order valence-electron chi connectivity index (χ2n) is 5.19. The first kappa shape index (κ1) is 13.9. The number of aromatic nitrogens is 2. The van der Waals surface area contributed by atoms with Gasteiger partial charge in [0.25, 0.3) is 0 Å². The van der Waals surface area contributed by atoms with Gasteiger partial charge in [0, 0.05) is 18.4 Å². The molecule has 0 aromatic carbocycles. The molecular weight excluding hydrogens is 240 g/mol. The number of nitrogens with two attached hydrogens (primary N) is 1. The monoisotopic (exact) mass is 264 g/mol. The lowest BCUT2D eigenvalue weighted by atomic mass is 9.96. The van der Waals surface area contributed by atoms with Crippen molar-refractivity contribution in [3.63, 3.8) is 0 Å². The number of hydrazine groups is 1. The predicted octanol–water partition coefficient (Wildman–Crippen LogP) is 1.01. The maximum absolute atomic E-state index is 5.55. The van der Waals surface area contributed by atoms with E-state index in [1.165, 1.54) is 32.1 Å². The van der Waals surface area contributed by atoms with Crippen LogP contribution in [0.5, 0.6) is 0 Å². The Kier molecular flexibility index (Phi) is 5.20. The summed E-state index contributed by atoms with van der Waals surface area (Å²) >= 11 is 0. The van der Waals surface area contributed by atoms with Crippen molar-refractivity contribution in [2.45, 2.75) is 57.7 Å². The van der Waals surface area contributed by atoms with Crippen molar-refractivity contribution in [2.75, 3.05) is 0 Å². The van der Waals surface area contributed by atoms with Crippen LogP contribution in [0.1, 0.15) is 39.0 Å². The molecular formula is C13H24N6. The molecule has 106 valence electrons. The molecule has 1 aliphatic rings. The molecule has 1 fully saturated rings. The van der Waals surface area contributed by atoms with Crippen molar-refractivity contribution in [2.24, 2.45) is 10.8 Å². The zero-order valence-corrected chi connectivity index (χ0v) is 11.5. The Hall–Kier alpha value is -1.56. The highest BCUT2D eigenvalue weighted by Crippen LogP contribution is 2.20. The first-order valence-corrected chi connectivity index (χ1v) is 7.06. The van der Waals surface area contributed by atoms with Gasteiger partial charge in [-0.15, -0.1) is 0 Å². The van der Waals surface area contributed by atoms with E-state index in [2.05, 4.69) is 27.8 Å². The molecule has 1 aromatic heterocycles. The quantitative estimate of drug-likeness (QED) is 0.328. The minimum absolute atomic E-state index is 0.221. The Morgan fingerprint density at radius 2 is 2.26 bits per heavy atom. The van der Waals surface area contributed by atoms with Crippen LogP contribution in [0.15, 0.2) is 23.5 Å². The SMILES string of the molecule is CC(Cn1cccn1)NC(=NC1CCCCC1)NN. The van der Waals surface area contributed by atoms with Crippen LogP contribution in [-0.2, 0) is 6.54 Å². The third kappa shape index (κ3) is 4.55. The zero-order chi connectivity index (χ0) is 13.5. The molecule has 0 bridgehead atoms. The Morgan fingerprint density at radius 1 is 1.47 bits per heavy atom. The number of hydrogen-bond donors (Lipinski definition) is 3. The summed E-state index contributed by atoms with van der Waals surface area (Å²) in [5.41, 5.74) is 2.67. The fourth-order valence-corrected chi connectivity index (χ4v) is 2.48. The van der Waals surface area contributed by atoms with E-state index < -0.39 is 0 Å². The third-order valence-corrected chi connectivity index (χ3v) is 3.43. The molecule has 0 amide bonds. The lowest BCUT2D eigenvalue weighted by Crippen LogP contribution is -2.47. The molecule has 6 nitrogen and oxygen atoms in total. The van der Waals surface area contributed by atoms with Crippen LogP contribution in [-0.4, -0.2) is 27.8 Å². The maximum Gasteiger partial charge on any atom is 0.206 e. The van der Waals surface area contributed by atoms with E-state index in [1.54, 1.807) is 6.20 Å². The van der Waals surface area contributed by atoms with Crippen LogP contribution in [0.2, 0.25) is 0 Å². The summed E-state index contributed by atoms with van der Waals surface area (Å²) in [7, 11) is 0. The summed E-state index contributed by atoms with van der Waals surface area (Å²) in [5, 5.41) is 7.50. The van der Waals surface area contributed by atoms with E-state index in [1.807, 2.05) is 16.9 Å². The second kappa shape index (κ2) is 7.13. The Balaban J connectivity index is 1.85. The summed E-state index contributed by atoms with van der Waals surface area (Å²) in [5.74, 6) is 6.23. The average molecular weight is 264 g/mol. The van der Waals surface area contributed by atoms with Crippen LogP contribution in [0.3, 0.4) is 0 Å². The smallest absolute Gasteiger partial charge is 0.206 e. The van der Waals surface area contributed by atoms with E-state index in [0.717, 1.165) is 6.54 Å². The van der Waals surface area contributed by atoms with Gasteiger partial charge in [-0.05, 0) is 25.8 Å². The van der Waals surface area contributed by atoms with Crippen LogP contribution in [0.4, 0.5) is 0 Å². The summed E-state index contributed by atoms with van der Waals surface area (Å²) in [4.78, 5) is 4.66. The molecule has 6 heteroatoms. The molecule has 0 radical (unpaired) electrons. The van der Waals surface area contributed by atoms with Crippen molar-refractivity contribution < 1.29 is 0 Å². The van der Waals surface area contributed by atoms with Crippen LogP contribution in [0, 0.1) is 0 Å². The Bertz CT molecular complexity index is 380. The highest BCUT2D eigenvalue weighted by Gasteiger charge is 2.14. The molecule has 0 spiro atoms. The number of guanidine groups is 1. The topological polar surface area (TPSA) is 80.3 Å². The molecule has 1 atom stereocenters. The van der Waals surface area contributed by atoms with Crippen LogP contribution in [0.25, 0.3) is 0 Å². The van der Waals surface area contributed by atoms with E-state index in [0.29, 0.717) is 12.0 Å². The van der Waals surface area contributed by atoms with Gasteiger partial charge in [-0.2, -0.15) is 5.10 Å². The summed E-state index contributed by atoms with van der Waals surface area (Å²) in [6, 6.07) is 2.55. The summed E-state index contributed by atoms with van der Waals surface area (Å²) < 4.78 is 1.90. The van der Waals surface area contributed by atoms with Gasteiger partial charge in [0.1, 0.15) is 0 Å². The molecule has 1 unspecified atom stereocenters. The van der Waals surface area contributed by atoms with E-state index in [9.17, 15) is 0 Å². The predicted molar refractivity (Wildman–Crippen MR) is 76.5 cm³/mol. The Morgan fingerprint density at radius 3 is 2.89 bits per heavy atom. The number of nitrogens with one attached hydrogen (secondary N) is 2. The zero-order valence-electron chi connectivity index (χ0n) is 11.5. The van der Waals surface area contributed by atoms with Gasteiger partial charge in [0.2, 0.25) is 5.96 Å². The molecule has 4 N–H and O–H groups in total. The van der Waals surface area contributed by atoms with E-state index in [-0.39, 0.29) is 6.04 Å².